The van der Waals surface area contributed by atoms with Gasteiger partial charge in [-0.05, 0) is 73.0 Å². The molecule has 7 heteroatoms. The van der Waals surface area contributed by atoms with Gasteiger partial charge in [-0.2, -0.15) is 0 Å². The Kier molecular flexibility index (Phi) is 7.84. The lowest BCUT2D eigenvalue weighted by Crippen LogP contribution is -2.06. The van der Waals surface area contributed by atoms with E-state index in [0.717, 1.165) is 12.1 Å². The van der Waals surface area contributed by atoms with E-state index in [9.17, 15) is 13.6 Å². The number of carbonyl (C=O) groups is 1. The van der Waals surface area contributed by atoms with E-state index in [4.69, 9.17) is 25.8 Å². The van der Waals surface area contributed by atoms with Gasteiger partial charge in [0.25, 0.3) is 0 Å². The quantitative estimate of drug-likeness (QED) is 0.352. The fourth-order valence-electron chi connectivity index (χ4n) is 2.87. The summed E-state index contributed by atoms with van der Waals surface area (Å²) in [6, 6.07) is 16.2. The van der Waals surface area contributed by atoms with Gasteiger partial charge in [0, 0.05) is 11.4 Å². The summed E-state index contributed by atoms with van der Waals surface area (Å²) in [5, 5.41) is 0.602. The lowest BCUT2D eigenvalue weighted by atomic mass is 10.1. The second kappa shape index (κ2) is 10.8. The summed E-state index contributed by atoms with van der Waals surface area (Å²) in [5.74, 6) is -1.37. The normalized spacial score (nSPS) is 10.6. The van der Waals surface area contributed by atoms with Crippen LogP contribution in [0, 0.1) is 11.6 Å². The molecule has 0 bridgehead atoms. The van der Waals surface area contributed by atoms with Crippen LogP contribution in [0.1, 0.15) is 24.5 Å². The van der Waals surface area contributed by atoms with Crippen molar-refractivity contribution in [2.75, 3.05) is 6.61 Å². The molecule has 0 spiro atoms. The molecule has 0 radical (unpaired) electrons. The largest absolute Gasteiger partial charge is 0.483 e. The number of rotatable bonds is 9. The summed E-state index contributed by atoms with van der Waals surface area (Å²) < 4.78 is 44.7. The Hall–Kier alpha value is -3.12. The van der Waals surface area contributed by atoms with Crippen LogP contribution in [0.4, 0.5) is 8.78 Å². The van der Waals surface area contributed by atoms with Gasteiger partial charge in [0.05, 0.1) is 6.61 Å². The highest BCUT2D eigenvalue weighted by Gasteiger charge is 2.14. The summed E-state index contributed by atoms with van der Waals surface area (Å²) in [5.41, 5.74) is 1.03. The predicted molar refractivity (Wildman–Crippen MR) is 114 cm³/mol. The molecule has 3 rings (SSSR count). The van der Waals surface area contributed by atoms with Crippen LogP contribution in [0.15, 0.2) is 60.7 Å². The number of hydrogen-bond donors (Lipinski definition) is 0. The number of aryl methyl sites for hydroxylation is 1. The van der Waals surface area contributed by atoms with Crippen LogP contribution in [-0.4, -0.2) is 12.6 Å². The van der Waals surface area contributed by atoms with Gasteiger partial charge in [-0.15, -0.1) is 0 Å². The number of halogens is 3. The van der Waals surface area contributed by atoms with E-state index in [2.05, 4.69) is 0 Å². The van der Waals surface area contributed by atoms with Gasteiger partial charge in [0.15, 0.2) is 17.4 Å². The van der Waals surface area contributed by atoms with Crippen molar-refractivity contribution in [3.8, 4) is 17.2 Å². The number of carbonyl (C=O) groups excluding carboxylic acids is 1. The highest BCUT2D eigenvalue weighted by Crippen LogP contribution is 2.27. The van der Waals surface area contributed by atoms with E-state index in [1.807, 2.05) is 0 Å². The zero-order valence-electron chi connectivity index (χ0n) is 16.9. The Morgan fingerprint density at radius 3 is 2.32 bits per heavy atom. The van der Waals surface area contributed by atoms with E-state index in [-0.39, 0.29) is 26.1 Å². The lowest BCUT2D eigenvalue weighted by molar-refractivity contribution is -0.143. The van der Waals surface area contributed by atoms with E-state index in [1.54, 1.807) is 55.5 Å². The van der Waals surface area contributed by atoms with Gasteiger partial charge in [0.2, 0.25) is 0 Å². The van der Waals surface area contributed by atoms with Crippen molar-refractivity contribution < 1.29 is 27.8 Å². The molecular formula is C24H21ClF2O4. The van der Waals surface area contributed by atoms with Crippen LogP contribution >= 0.6 is 11.6 Å². The minimum absolute atomic E-state index is 0.0478. The van der Waals surface area contributed by atoms with Crippen molar-refractivity contribution in [2.24, 2.45) is 0 Å². The smallest absolute Gasteiger partial charge is 0.306 e. The Balaban J connectivity index is 1.63. The zero-order valence-corrected chi connectivity index (χ0v) is 17.6. The number of esters is 1. The van der Waals surface area contributed by atoms with E-state index in [1.165, 1.54) is 0 Å². The number of benzene rings is 3. The van der Waals surface area contributed by atoms with Crippen LogP contribution in [0.5, 0.6) is 17.2 Å². The summed E-state index contributed by atoms with van der Waals surface area (Å²) in [6.45, 7) is 1.91. The minimum Gasteiger partial charge on any atom is -0.483 e. The Labute approximate surface area is 184 Å². The first-order valence-corrected chi connectivity index (χ1v) is 10.1. The molecule has 0 fully saturated rings. The Morgan fingerprint density at radius 1 is 0.935 bits per heavy atom. The van der Waals surface area contributed by atoms with Crippen LogP contribution < -0.4 is 9.47 Å². The molecule has 0 unspecified atom stereocenters. The van der Waals surface area contributed by atoms with Crippen molar-refractivity contribution in [1.29, 1.82) is 0 Å². The van der Waals surface area contributed by atoms with Gasteiger partial charge >= 0.3 is 5.97 Å². The van der Waals surface area contributed by atoms with E-state index >= 15 is 0 Å². The highest BCUT2D eigenvalue weighted by atomic mass is 35.5. The van der Waals surface area contributed by atoms with Crippen molar-refractivity contribution >= 4 is 17.6 Å². The molecule has 0 saturated heterocycles. The molecule has 4 nitrogen and oxygen atoms in total. The third-order valence-electron chi connectivity index (χ3n) is 4.31. The predicted octanol–water partition coefficient (Wildman–Crippen LogP) is 6.49. The molecule has 0 aromatic heterocycles. The second-order valence-electron chi connectivity index (χ2n) is 6.69. The van der Waals surface area contributed by atoms with Crippen LogP contribution in [-0.2, 0) is 22.6 Å². The fraction of sp³-hybridized carbons (Fsp3) is 0.208. The third-order valence-corrected chi connectivity index (χ3v) is 4.56. The maximum atomic E-state index is 14.4. The Bertz CT molecular complexity index is 1010. The van der Waals surface area contributed by atoms with Crippen LogP contribution in [0.2, 0.25) is 5.02 Å². The highest BCUT2D eigenvalue weighted by molar-refractivity contribution is 6.30. The second-order valence-corrected chi connectivity index (χ2v) is 7.12. The molecular weight excluding hydrogens is 426 g/mol. The minimum atomic E-state index is -0.826. The summed E-state index contributed by atoms with van der Waals surface area (Å²) in [6.07, 6.45) is 0.227. The summed E-state index contributed by atoms with van der Waals surface area (Å²) in [4.78, 5) is 11.4. The van der Waals surface area contributed by atoms with Gasteiger partial charge in [-0.3, -0.25) is 4.79 Å². The maximum absolute atomic E-state index is 14.4. The summed E-state index contributed by atoms with van der Waals surface area (Å²) in [7, 11) is 0. The number of hydrogen-bond acceptors (Lipinski definition) is 4. The molecule has 31 heavy (non-hydrogen) atoms. The van der Waals surface area contributed by atoms with Gasteiger partial charge in [-0.1, -0.05) is 23.7 Å². The first-order valence-electron chi connectivity index (χ1n) is 9.73. The molecule has 0 heterocycles. The molecule has 0 aliphatic heterocycles. The molecule has 3 aromatic rings. The maximum Gasteiger partial charge on any atom is 0.306 e. The van der Waals surface area contributed by atoms with Gasteiger partial charge in [-0.25, -0.2) is 8.78 Å². The topological polar surface area (TPSA) is 44.8 Å². The SMILES string of the molecule is CCOC(=O)CCc1cc(F)c(OCc2cccc(Oc3ccc(Cl)cc3)c2)c(F)c1. The molecule has 0 N–H and O–H groups in total. The molecule has 3 aromatic carbocycles. The molecule has 0 amide bonds. The van der Waals surface area contributed by atoms with Crippen LogP contribution in [0.3, 0.4) is 0 Å². The van der Waals surface area contributed by atoms with Gasteiger partial charge in [0.1, 0.15) is 18.1 Å². The van der Waals surface area contributed by atoms with Crippen molar-refractivity contribution in [3.63, 3.8) is 0 Å². The summed E-state index contributed by atoms with van der Waals surface area (Å²) >= 11 is 5.86. The molecule has 0 saturated carbocycles. The molecule has 0 aliphatic carbocycles. The monoisotopic (exact) mass is 446 g/mol. The molecule has 162 valence electrons. The third kappa shape index (κ3) is 6.69. The lowest BCUT2D eigenvalue weighted by Gasteiger charge is -2.12. The average Bonchev–Trinajstić information content (AvgIpc) is 2.74. The first kappa shape index (κ1) is 22.6. The standard InChI is InChI=1S/C24H21ClF2O4/c1-2-29-23(28)11-6-16-13-21(26)24(22(27)14-16)30-15-17-4-3-5-20(12-17)31-19-9-7-18(25)8-10-19/h3-5,7-10,12-14H,2,6,11,15H2,1H3. The van der Waals surface area contributed by atoms with Crippen molar-refractivity contribution in [3.05, 3.63) is 88.4 Å². The molecule has 0 aliphatic rings. The van der Waals surface area contributed by atoms with Crippen molar-refractivity contribution in [2.45, 2.75) is 26.4 Å². The van der Waals surface area contributed by atoms with E-state index in [0.29, 0.717) is 27.6 Å². The van der Waals surface area contributed by atoms with E-state index < -0.39 is 23.4 Å². The first-order chi connectivity index (χ1) is 14.9. The van der Waals surface area contributed by atoms with Crippen LogP contribution in [0.25, 0.3) is 0 Å². The molecule has 0 atom stereocenters. The van der Waals surface area contributed by atoms with Gasteiger partial charge < -0.3 is 14.2 Å². The average molecular weight is 447 g/mol. The Morgan fingerprint density at radius 2 is 1.65 bits per heavy atom. The van der Waals surface area contributed by atoms with Crippen molar-refractivity contribution in [1.82, 2.24) is 0 Å². The zero-order chi connectivity index (χ0) is 22.2. The fourth-order valence-corrected chi connectivity index (χ4v) is 2.99. The number of ether oxygens (including phenoxy) is 3.